The number of fused-ring (bicyclic) bond motifs is 1. The Morgan fingerprint density at radius 2 is 2.00 bits per heavy atom. The molecule has 3 rings (SSSR count). The van der Waals surface area contributed by atoms with Gasteiger partial charge in [-0.2, -0.15) is 4.37 Å². The second-order valence-corrected chi connectivity index (χ2v) is 5.66. The zero-order valence-electron chi connectivity index (χ0n) is 10.6. The van der Waals surface area contributed by atoms with E-state index in [-0.39, 0.29) is 15.8 Å². The largest absolute Gasteiger partial charge is 0.506 e. The average molecular weight is 340 g/mol. The lowest BCUT2D eigenvalue weighted by atomic mass is 10.3. The molecule has 0 saturated carbocycles. The summed E-state index contributed by atoms with van der Waals surface area (Å²) in [6.45, 7) is 1.79. The summed E-state index contributed by atoms with van der Waals surface area (Å²) in [5.41, 5.74) is 0.935. The molecule has 2 aromatic heterocycles. The van der Waals surface area contributed by atoms with E-state index in [1.165, 1.54) is 23.7 Å². The van der Waals surface area contributed by atoms with Crippen molar-refractivity contribution >= 4 is 56.5 Å². The van der Waals surface area contributed by atoms with Gasteiger partial charge < -0.3 is 5.11 Å². The molecule has 3 aromatic rings. The maximum atomic E-state index is 9.43. The lowest BCUT2D eigenvalue weighted by molar-refractivity contribution is 0.475. The van der Waals surface area contributed by atoms with Crippen LogP contribution in [0.25, 0.3) is 11.0 Å². The van der Waals surface area contributed by atoms with Gasteiger partial charge in [-0.05, 0) is 24.5 Å². The number of nitrogens with zero attached hydrogens (tertiary/aromatic N) is 5. The molecule has 0 aliphatic heterocycles. The molecule has 0 bridgehead atoms. The minimum atomic E-state index is -0.104. The molecule has 106 valence electrons. The van der Waals surface area contributed by atoms with Gasteiger partial charge >= 0.3 is 0 Å². The van der Waals surface area contributed by atoms with E-state index >= 15 is 0 Å². The fourth-order valence-corrected chi connectivity index (χ4v) is 2.57. The minimum absolute atomic E-state index is 0.104. The molecule has 0 atom stereocenters. The fraction of sp³-hybridized carbons (Fsp3) is 0.0833. The molecule has 21 heavy (non-hydrogen) atoms. The number of rotatable bonds is 2. The maximum Gasteiger partial charge on any atom is 0.178 e. The Bertz CT molecular complexity index is 864. The van der Waals surface area contributed by atoms with Crippen molar-refractivity contribution in [3.63, 3.8) is 0 Å². The van der Waals surface area contributed by atoms with Gasteiger partial charge in [0.25, 0.3) is 0 Å². The highest BCUT2D eigenvalue weighted by atomic mass is 35.5. The van der Waals surface area contributed by atoms with E-state index in [4.69, 9.17) is 23.2 Å². The third kappa shape index (κ3) is 2.80. The van der Waals surface area contributed by atoms with Gasteiger partial charge in [0.1, 0.15) is 17.3 Å². The van der Waals surface area contributed by atoms with Crippen LogP contribution in [0.5, 0.6) is 5.75 Å². The average Bonchev–Trinajstić information content (AvgIpc) is 2.83. The number of aromatic hydroxyl groups is 1. The third-order valence-corrected chi connectivity index (χ3v) is 3.95. The third-order valence-electron chi connectivity index (χ3n) is 2.60. The molecule has 2 heterocycles. The van der Waals surface area contributed by atoms with Crippen LogP contribution in [0, 0.1) is 6.92 Å². The highest BCUT2D eigenvalue weighted by Crippen LogP contribution is 2.37. The highest BCUT2D eigenvalue weighted by Gasteiger charge is 2.09. The van der Waals surface area contributed by atoms with E-state index in [1.807, 2.05) is 0 Å². The number of aryl methyl sites for hydroxylation is 1. The zero-order valence-corrected chi connectivity index (χ0v) is 12.9. The smallest absolute Gasteiger partial charge is 0.178 e. The van der Waals surface area contributed by atoms with Gasteiger partial charge in [-0.25, -0.2) is 9.97 Å². The first-order chi connectivity index (χ1) is 10.0. The summed E-state index contributed by atoms with van der Waals surface area (Å²) in [7, 11) is 0. The van der Waals surface area contributed by atoms with Crippen molar-refractivity contribution in [2.75, 3.05) is 0 Å². The molecule has 1 aromatic carbocycles. The second kappa shape index (κ2) is 5.51. The monoisotopic (exact) mass is 339 g/mol. The molecule has 0 amide bonds. The van der Waals surface area contributed by atoms with Crippen molar-refractivity contribution in [1.82, 2.24) is 14.3 Å². The van der Waals surface area contributed by atoms with Crippen LogP contribution < -0.4 is 0 Å². The summed E-state index contributed by atoms with van der Waals surface area (Å²) in [5.74, 6) is 0.539. The van der Waals surface area contributed by atoms with Crippen molar-refractivity contribution in [2.45, 2.75) is 6.92 Å². The van der Waals surface area contributed by atoms with Gasteiger partial charge in [0, 0.05) is 12.3 Å². The molecule has 9 heteroatoms. The Morgan fingerprint density at radius 3 is 2.81 bits per heavy atom. The van der Waals surface area contributed by atoms with Gasteiger partial charge in [-0.15, -0.1) is 10.2 Å². The van der Waals surface area contributed by atoms with E-state index < -0.39 is 0 Å². The SMILES string of the molecule is Cc1ncc2c(N=Nc3cc(Cl)c(O)cc3Cl)snc2n1. The summed E-state index contributed by atoms with van der Waals surface area (Å²) in [6, 6.07) is 2.75. The number of azo groups is 1. The van der Waals surface area contributed by atoms with E-state index in [0.717, 1.165) is 5.39 Å². The number of phenolic OH excluding ortho intramolecular Hbond substituents is 1. The standard InChI is InChI=1S/C12H7Cl2N5OS/c1-5-15-4-6-11(16-5)19-21-12(6)18-17-9-2-8(14)10(20)3-7(9)13/h2-4,20H,1H3. The van der Waals surface area contributed by atoms with E-state index in [0.29, 0.717) is 22.2 Å². The normalized spacial score (nSPS) is 11.6. The van der Waals surface area contributed by atoms with E-state index in [9.17, 15) is 5.11 Å². The van der Waals surface area contributed by atoms with Crippen molar-refractivity contribution in [3.8, 4) is 5.75 Å². The van der Waals surface area contributed by atoms with Crippen molar-refractivity contribution in [2.24, 2.45) is 10.2 Å². The molecule has 0 saturated heterocycles. The van der Waals surface area contributed by atoms with Crippen LogP contribution in [0.1, 0.15) is 5.82 Å². The van der Waals surface area contributed by atoms with Gasteiger partial charge in [0.15, 0.2) is 10.6 Å². The highest BCUT2D eigenvalue weighted by molar-refractivity contribution is 7.11. The first-order valence-electron chi connectivity index (χ1n) is 5.73. The Morgan fingerprint density at radius 1 is 1.19 bits per heavy atom. The van der Waals surface area contributed by atoms with E-state index in [1.54, 1.807) is 13.1 Å². The van der Waals surface area contributed by atoms with Gasteiger partial charge in [0.05, 0.1) is 15.4 Å². The van der Waals surface area contributed by atoms with Gasteiger partial charge in [0.2, 0.25) is 0 Å². The van der Waals surface area contributed by atoms with Crippen LogP contribution in [-0.2, 0) is 0 Å². The number of hydrogen-bond acceptors (Lipinski definition) is 7. The maximum absolute atomic E-state index is 9.43. The predicted octanol–water partition coefficient (Wildman–Crippen LogP) is 4.82. The van der Waals surface area contributed by atoms with Crippen LogP contribution in [0.4, 0.5) is 10.7 Å². The molecule has 1 N–H and O–H groups in total. The molecular formula is C12H7Cl2N5OS. The Kier molecular flexibility index (Phi) is 3.71. The topological polar surface area (TPSA) is 83.6 Å². The summed E-state index contributed by atoms with van der Waals surface area (Å²) < 4.78 is 4.18. The molecular weight excluding hydrogens is 333 g/mol. The first-order valence-corrected chi connectivity index (χ1v) is 7.26. The van der Waals surface area contributed by atoms with Gasteiger partial charge in [-0.3, -0.25) is 0 Å². The molecule has 0 aliphatic carbocycles. The Hall–Kier alpha value is -1.83. The van der Waals surface area contributed by atoms with Crippen molar-refractivity contribution in [3.05, 3.63) is 34.2 Å². The summed E-state index contributed by atoms with van der Waals surface area (Å²) >= 11 is 13.0. The number of halogens is 2. The fourth-order valence-electron chi connectivity index (χ4n) is 1.59. The predicted molar refractivity (Wildman–Crippen MR) is 82.2 cm³/mol. The number of aromatic nitrogens is 3. The summed E-state index contributed by atoms with van der Waals surface area (Å²) in [6.07, 6.45) is 1.65. The Labute approximate surface area is 133 Å². The van der Waals surface area contributed by atoms with Crippen molar-refractivity contribution < 1.29 is 5.11 Å². The lowest BCUT2D eigenvalue weighted by Gasteiger charge is -2.00. The quantitative estimate of drug-likeness (QED) is 0.678. The van der Waals surface area contributed by atoms with Crippen LogP contribution in [0.15, 0.2) is 28.6 Å². The van der Waals surface area contributed by atoms with Crippen LogP contribution in [0.3, 0.4) is 0 Å². The second-order valence-electron chi connectivity index (χ2n) is 4.10. The molecule has 6 nitrogen and oxygen atoms in total. The summed E-state index contributed by atoms with van der Waals surface area (Å²) in [4.78, 5) is 8.31. The van der Waals surface area contributed by atoms with Crippen molar-refractivity contribution in [1.29, 1.82) is 0 Å². The summed E-state index contributed by atoms with van der Waals surface area (Å²) in [5, 5.41) is 19.3. The molecule has 0 unspecified atom stereocenters. The lowest BCUT2D eigenvalue weighted by Crippen LogP contribution is -1.85. The number of phenols is 1. The molecule has 0 aliphatic rings. The number of hydrogen-bond donors (Lipinski definition) is 1. The van der Waals surface area contributed by atoms with Crippen LogP contribution in [-0.4, -0.2) is 19.4 Å². The molecule has 0 spiro atoms. The Balaban J connectivity index is 2.00. The first kappa shape index (κ1) is 14.1. The molecule has 0 radical (unpaired) electrons. The molecule has 0 fully saturated rings. The van der Waals surface area contributed by atoms with Crippen LogP contribution >= 0.6 is 34.7 Å². The van der Waals surface area contributed by atoms with E-state index in [2.05, 4.69) is 24.6 Å². The number of benzene rings is 1. The minimum Gasteiger partial charge on any atom is -0.506 e. The van der Waals surface area contributed by atoms with Gasteiger partial charge in [-0.1, -0.05) is 23.2 Å². The zero-order chi connectivity index (χ0) is 15.0. The van der Waals surface area contributed by atoms with Crippen LogP contribution in [0.2, 0.25) is 10.0 Å².